The van der Waals surface area contributed by atoms with Gasteiger partial charge in [0.25, 0.3) is 5.56 Å². The zero-order valence-corrected chi connectivity index (χ0v) is 16.7. The Labute approximate surface area is 164 Å². The Bertz CT molecular complexity index is 1050. The second kappa shape index (κ2) is 7.85. The van der Waals surface area contributed by atoms with E-state index in [1.807, 2.05) is 38.1 Å². The van der Waals surface area contributed by atoms with Crippen LogP contribution in [-0.2, 0) is 7.05 Å². The molecule has 1 atom stereocenters. The zero-order valence-electron chi connectivity index (χ0n) is 16.0. The fraction of sp³-hybridized carbons (Fsp3) is 0.273. The molecule has 2 heterocycles. The molecule has 1 aromatic carbocycles. The van der Waals surface area contributed by atoms with Crippen molar-refractivity contribution in [2.45, 2.75) is 27.2 Å². The van der Waals surface area contributed by atoms with Gasteiger partial charge in [0.15, 0.2) is 0 Å². The summed E-state index contributed by atoms with van der Waals surface area (Å²) in [5.74, 6) is 6.84. The molecule has 4 nitrogen and oxygen atoms in total. The standard InChI is InChI=1S/C22H22ClN3O/c1-15-8-9-16(2)26(20-13-22(27)25(4)24-14-20)17(3)21(15)11-10-18-6-5-7-19(23)12-18/h5-7,9,12-15H,8H2,1-4H3. The molecule has 5 heteroatoms. The molecule has 27 heavy (non-hydrogen) atoms. The van der Waals surface area contributed by atoms with Gasteiger partial charge in [0, 0.05) is 40.7 Å². The molecular weight excluding hydrogens is 358 g/mol. The summed E-state index contributed by atoms with van der Waals surface area (Å²) in [6.07, 6.45) is 4.78. The highest BCUT2D eigenvalue weighted by Crippen LogP contribution is 2.31. The summed E-state index contributed by atoms with van der Waals surface area (Å²) in [7, 11) is 1.64. The zero-order chi connectivity index (χ0) is 19.6. The first-order valence-electron chi connectivity index (χ1n) is 8.85. The van der Waals surface area contributed by atoms with E-state index in [1.165, 1.54) is 4.68 Å². The largest absolute Gasteiger partial charge is 0.316 e. The minimum Gasteiger partial charge on any atom is -0.316 e. The molecule has 0 radical (unpaired) electrons. The van der Waals surface area contributed by atoms with E-state index in [-0.39, 0.29) is 11.5 Å². The molecule has 0 saturated heterocycles. The number of aromatic nitrogens is 2. The second-order valence-corrected chi connectivity index (χ2v) is 7.19. The van der Waals surface area contributed by atoms with Crippen molar-refractivity contribution < 1.29 is 0 Å². The molecule has 1 aromatic heterocycles. The Balaban J connectivity index is 2.09. The smallest absolute Gasteiger partial charge is 0.268 e. The van der Waals surface area contributed by atoms with Crippen molar-refractivity contribution in [2.24, 2.45) is 13.0 Å². The van der Waals surface area contributed by atoms with Crippen LogP contribution in [0.15, 0.2) is 64.4 Å². The molecule has 1 unspecified atom stereocenters. The van der Waals surface area contributed by atoms with Crippen LogP contribution < -0.4 is 10.5 Å². The lowest BCUT2D eigenvalue weighted by Gasteiger charge is -2.26. The molecule has 1 aliphatic rings. The van der Waals surface area contributed by atoms with E-state index in [0.29, 0.717) is 5.02 Å². The van der Waals surface area contributed by atoms with Gasteiger partial charge in [-0.2, -0.15) is 5.10 Å². The van der Waals surface area contributed by atoms with Crippen LogP contribution in [0, 0.1) is 17.8 Å². The summed E-state index contributed by atoms with van der Waals surface area (Å²) < 4.78 is 1.32. The van der Waals surface area contributed by atoms with Crippen LogP contribution in [-0.4, -0.2) is 9.78 Å². The number of allylic oxidation sites excluding steroid dienone is 4. The summed E-state index contributed by atoms with van der Waals surface area (Å²) in [5.41, 5.74) is 4.61. The normalized spacial score (nSPS) is 17.1. The third-order valence-corrected chi connectivity index (χ3v) is 4.95. The maximum Gasteiger partial charge on any atom is 0.268 e. The van der Waals surface area contributed by atoms with Gasteiger partial charge < -0.3 is 4.90 Å². The van der Waals surface area contributed by atoms with E-state index >= 15 is 0 Å². The molecule has 0 bridgehead atoms. The topological polar surface area (TPSA) is 38.1 Å². The van der Waals surface area contributed by atoms with Gasteiger partial charge in [-0.25, -0.2) is 4.68 Å². The summed E-state index contributed by atoms with van der Waals surface area (Å²) in [6.45, 7) is 6.25. The van der Waals surface area contributed by atoms with Gasteiger partial charge in [0.2, 0.25) is 0 Å². The minimum absolute atomic E-state index is 0.142. The number of halogens is 1. The fourth-order valence-corrected chi connectivity index (χ4v) is 3.39. The maximum atomic E-state index is 12.1. The summed E-state index contributed by atoms with van der Waals surface area (Å²) in [5, 5.41) is 4.84. The van der Waals surface area contributed by atoms with Gasteiger partial charge in [-0.05, 0) is 44.4 Å². The Morgan fingerprint density at radius 2 is 2.00 bits per heavy atom. The van der Waals surface area contributed by atoms with E-state index in [2.05, 4.69) is 34.8 Å². The number of hydrogen-bond donors (Lipinski definition) is 0. The average Bonchev–Trinajstić information content (AvgIpc) is 2.73. The van der Waals surface area contributed by atoms with Crippen LogP contribution in [0.1, 0.15) is 32.8 Å². The quantitative estimate of drug-likeness (QED) is 0.684. The van der Waals surface area contributed by atoms with Crippen LogP contribution in [0.4, 0.5) is 5.69 Å². The van der Waals surface area contributed by atoms with Gasteiger partial charge in [0.1, 0.15) is 0 Å². The van der Waals surface area contributed by atoms with Crippen LogP contribution in [0.25, 0.3) is 0 Å². The predicted octanol–water partition coefficient (Wildman–Crippen LogP) is 4.51. The minimum atomic E-state index is -0.142. The lowest BCUT2D eigenvalue weighted by Crippen LogP contribution is -2.25. The lowest BCUT2D eigenvalue weighted by molar-refractivity contribution is 0.705. The van der Waals surface area contributed by atoms with Crippen LogP contribution in [0.5, 0.6) is 0 Å². The van der Waals surface area contributed by atoms with Gasteiger partial charge in [-0.1, -0.05) is 42.5 Å². The molecule has 1 aliphatic heterocycles. The van der Waals surface area contributed by atoms with Crippen LogP contribution in [0.3, 0.4) is 0 Å². The van der Waals surface area contributed by atoms with Crippen molar-refractivity contribution in [3.8, 4) is 11.8 Å². The third-order valence-electron chi connectivity index (χ3n) is 4.72. The first-order valence-corrected chi connectivity index (χ1v) is 9.23. The molecular formula is C22H22ClN3O. The van der Waals surface area contributed by atoms with Crippen molar-refractivity contribution in [1.29, 1.82) is 0 Å². The Kier molecular flexibility index (Phi) is 5.53. The molecule has 3 rings (SSSR count). The predicted molar refractivity (Wildman–Crippen MR) is 111 cm³/mol. The van der Waals surface area contributed by atoms with E-state index < -0.39 is 0 Å². The number of benzene rings is 1. The SMILES string of the molecule is CC1=CCC(C)C(C#Cc2cccc(Cl)c2)=C(C)N1c1cnn(C)c(=O)c1. The fourth-order valence-electron chi connectivity index (χ4n) is 3.20. The first kappa shape index (κ1) is 19.0. The van der Waals surface area contributed by atoms with Gasteiger partial charge >= 0.3 is 0 Å². The summed E-state index contributed by atoms with van der Waals surface area (Å²) in [4.78, 5) is 14.1. The first-order chi connectivity index (χ1) is 12.9. The van der Waals surface area contributed by atoms with Crippen molar-refractivity contribution in [1.82, 2.24) is 9.78 Å². The molecule has 0 amide bonds. The lowest BCUT2D eigenvalue weighted by atomic mass is 9.96. The Morgan fingerprint density at radius 3 is 2.70 bits per heavy atom. The molecule has 0 N–H and O–H groups in total. The van der Waals surface area contributed by atoms with Crippen molar-refractivity contribution in [2.75, 3.05) is 4.90 Å². The third kappa shape index (κ3) is 4.15. The molecule has 0 aliphatic carbocycles. The van der Waals surface area contributed by atoms with Gasteiger partial charge in [-0.15, -0.1) is 0 Å². The van der Waals surface area contributed by atoms with E-state index in [9.17, 15) is 4.79 Å². The molecule has 0 fully saturated rings. The number of anilines is 1. The summed E-state index contributed by atoms with van der Waals surface area (Å²) in [6, 6.07) is 9.14. The number of aryl methyl sites for hydroxylation is 1. The molecule has 138 valence electrons. The Hall–Kier alpha value is -2.77. The van der Waals surface area contributed by atoms with E-state index in [1.54, 1.807) is 19.3 Å². The second-order valence-electron chi connectivity index (χ2n) is 6.75. The monoisotopic (exact) mass is 379 g/mol. The number of nitrogens with zero attached hydrogens (tertiary/aromatic N) is 3. The Morgan fingerprint density at radius 1 is 1.22 bits per heavy atom. The van der Waals surface area contributed by atoms with E-state index in [4.69, 9.17) is 11.6 Å². The summed E-state index contributed by atoms with van der Waals surface area (Å²) >= 11 is 6.06. The number of rotatable bonds is 1. The maximum absolute atomic E-state index is 12.1. The van der Waals surface area contributed by atoms with Crippen LogP contribution >= 0.6 is 11.6 Å². The molecule has 2 aromatic rings. The van der Waals surface area contributed by atoms with E-state index in [0.717, 1.165) is 34.6 Å². The van der Waals surface area contributed by atoms with Crippen LogP contribution in [0.2, 0.25) is 5.02 Å². The molecule has 0 spiro atoms. The van der Waals surface area contributed by atoms with Crippen molar-refractivity contribution in [3.63, 3.8) is 0 Å². The highest BCUT2D eigenvalue weighted by molar-refractivity contribution is 6.30. The van der Waals surface area contributed by atoms with Gasteiger partial charge in [-0.3, -0.25) is 4.79 Å². The van der Waals surface area contributed by atoms with Crippen molar-refractivity contribution in [3.05, 3.63) is 80.5 Å². The highest BCUT2D eigenvalue weighted by atomic mass is 35.5. The highest BCUT2D eigenvalue weighted by Gasteiger charge is 2.21. The average molecular weight is 380 g/mol. The van der Waals surface area contributed by atoms with Gasteiger partial charge in [0.05, 0.1) is 11.9 Å². The van der Waals surface area contributed by atoms with Crippen molar-refractivity contribution >= 4 is 17.3 Å². The number of hydrogen-bond acceptors (Lipinski definition) is 3. The molecule has 0 saturated carbocycles.